The first-order valence-electron chi connectivity index (χ1n) is 10.8. The fourth-order valence-electron chi connectivity index (χ4n) is 3.56. The lowest BCUT2D eigenvalue weighted by molar-refractivity contribution is 0.100. The van der Waals surface area contributed by atoms with Crippen LogP contribution < -0.4 is 15.8 Å². The van der Waals surface area contributed by atoms with Crippen molar-refractivity contribution in [3.63, 3.8) is 0 Å². The van der Waals surface area contributed by atoms with Gasteiger partial charge in [-0.25, -0.2) is 4.98 Å². The van der Waals surface area contributed by atoms with E-state index < -0.39 is 5.91 Å². The maximum Gasteiger partial charge on any atom is 0.257 e. The maximum atomic E-state index is 13.5. The number of primary amides is 1. The smallest absolute Gasteiger partial charge is 0.257 e. The van der Waals surface area contributed by atoms with Crippen molar-refractivity contribution < 1.29 is 14.3 Å². The molecule has 0 saturated carbocycles. The molecule has 0 atom stereocenters. The number of nitrogens with two attached hydrogens (primary N) is 1. The fraction of sp³-hybridized carbons (Fsp3) is 0.192. The Morgan fingerprint density at radius 2 is 1.82 bits per heavy atom. The number of benzene rings is 2. The van der Waals surface area contributed by atoms with Crippen LogP contribution in [-0.2, 0) is 0 Å². The van der Waals surface area contributed by atoms with Crippen LogP contribution in [0, 0.1) is 0 Å². The van der Waals surface area contributed by atoms with Gasteiger partial charge in [-0.1, -0.05) is 29.8 Å². The predicted molar refractivity (Wildman–Crippen MR) is 141 cm³/mol. The number of pyridine rings is 1. The van der Waals surface area contributed by atoms with Gasteiger partial charge in [0.15, 0.2) is 0 Å². The maximum absolute atomic E-state index is 13.5. The second-order valence-corrected chi connectivity index (χ2v) is 10.0. The molecule has 34 heavy (non-hydrogen) atoms. The standard InChI is InChI=1S/C26H24BrN3O3S/c1-4-33-17-8-5-15(6-9-17)22-12-19(18-11-16(27)7-10-21(18)29-22)25(32)30-26-20(24(28)31)13-23(34-26)14(2)3/h5-14H,4H2,1-3H3,(H2,28,31)(H,30,32). The van der Waals surface area contributed by atoms with Gasteiger partial charge < -0.3 is 15.8 Å². The minimum Gasteiger partial charge on any atom is -0.494 e. The zero-order valence-electron chi connectivity index (χ0n) is 19.0. The molecule has 0 aliphatic carbocycles. The van der Waals surface area contributed by atoms with E-state index in [4.69, 9.17) is 15.5 Å². The Hall–Kier alpha value is -3.23. The lowest BCUT2D eigenvalue weighted by Gasteiger charge is -2.11. The van der Waals surface area contributed by atoms with E-state index in [-0.39, 0.29) is 11.8 Å². The topological polar surface area (TPSA) is 94.3 Å². The average molecular weight is 538 g/mol. The minimum absolute atomic E-state index is 0.206. The van der Waals surface area contributed by atoms with E-state index in [1.807, 2.05) is 63.2 Å². The summed E-state index contributed by atoms with van der Waals surface area (Å²) in [6, 6.07) is 16.7. The monoisotopic (exact) mass is 537 g/mol. The van der Waals surface area contributed by atoms with Crippen molar-refractivity contribution in [3.05, 3.63) is 75.1 Å². The number of carbonyl (C=O) groups is 2. The first kappa shape index (κ1) is 23.9. The number of hydrogen-bond donors (Lipinski definition) is 2. The summed E-state index contributed by atoms with van der Waals surface area (Å²) in [6.07, 6.45) is 0. The third-order valence-corrected chi connectivity index (χ3v) is 7.13. The summed E-state index contributed by atoms with van der Waals surface area (Å²) in [6.45, 7) is 6.57. The molecule has 3 N–H and O–H groups in total. The molecule has 0 radical (unpaired) electrons. The van der Waals surface area contributed by atoms with Crippen LogP contribution in [0.4, 0.5) is 5.00 Å². The highest BCUT2D eigenvalue weighted by molar-refractivity contribution is 9.10. The van der Waals surface area contributed by atoms with Crippen LogP contribution in [0.3, 0.4) is 0 Å². The van der Waals surface area contributed by atoms with E-state index >= 15 is 0 Å². The molecule has 4 aromatic rings. The van der Waals surface area contributed by atoms with Crippen molar-refractivity contribution in [2.45, 2.75) is 26.7 Å². The van der Waals surface area contributed by atoms with Crippen LogP contribution in [-0.4, -0.2) is 23.4 Å². The Balaban J connectivity index is 1.79. The van der Waals surface area contributed by atoms with E-state index in [9.17, 15) is 9.59 Å². The number of ether oxygens (including phenoxy) is 1. The highest BCUT2D eigenvalue weighted by atomic mass is 79.9. The highest BCUT2D eigenvalue weighted by Crippen LogP contribution is 2.34. The molecule has 8 heteroatoms. The van der Waals surface area contributed by atoms with Gasteiger partial charge in [0.25, 0.3) is 11.8 Å². The number of amides is 2. The molecule has 2 heterocycles. The van der Waals surface area contributed by atoms with Gasteiger partial charge >= 0.3 is 0 Å². The number of thiophene rings is 1. The summed E-state index contributed by atoms with van der Waals surface area (Å²) in [5, 5.41) is 4.06. The van der Waals surface area contributed by atoms with Gasteiger partial charge in [-0.3, -0.25) is 9.59 Å². The first-order chi connectivity index (χ1) is 16.3. The molecule has 0 bridgehead atoms. The third-order valence-electron chi connectivity index (χ3n) is 5.29. The molecular formula is C26H24BrN3O3S. The first-order valence-corrected chi connectivity index (χ1v) is 12.5. The lowest BCUT2D eigenvalue weighted by atomic mass is 10.0. The third kappa shape index (κ3) is 4.98. The number of nitrogens with zero attached hydrogens (tertiary/aromatic N) is 1. The van der Waals surface area contributed by atoms with Gasteiger partial charge in [0.05, 0.1) is 28.9 Å². The van der Waals surface area contributed by atoms with Crippen LogP contribution in [0.5, 0.6) is 5.75 Å². The number of hydrogen-bond acceptors (Lipinski definition) is 5. The molecule has 0 fully saturated rings. The molecule has 0 saturated heterocycles. The Labute approximate surface area is 210 Å². The van der Waals surface area contributed by atoms with Crippen LogP contribution in [0.15, 0.2) is 59.1 Å². The number of nitrogens with one attached hydrogen (secondary N) is 1. The molecule has 0 unspecified atom stereocenters. The lowest BCUT2D eigenvalue weighted by Crippen LogP contribution is -2.17. The van der Waals surface area contributed by atoms with Gasteiger partial charge in [-0.15, -0.1) is 11.3 Å². The second kappa shape index (κ2) is 9.95. The molecular weight excluding hydrogens is 514 g/mol. The van der Waals surface area contributed by atoms with E-state index in [1.54, 1.807) is 12.1 Å². The SMILES string of the molecule is CCOc1ccc(-c2cc(C(=O)Nc3sc(C(C)C)cc3C(N)=O)c3cc(Br)ccc3n2)cc1. The number of aromatic nitrogens is 1. The molecule has 0 aliphatic heterocycles. The summed E-state index contributed by atoms with van der Waals surface area (Å²) in [4.78, 5) is 31.2. The van der Waals surface area contributed by atoms with Gasteiger partial charge in [0.1, 0.15) is 10.8 Å². The van der Waals surface area contributed by atoms with Crippen molar-refractivity contribution in [3.8, 4) is 17.0 Å². The number of carbonyl (C=O) groups excluding carboxylic acids is 2. The Bertz CT molecular complexity index is 1380. The van der Waals surface area contributed by atoms with E-state index in [0.717, 1.165) is 20.7 Å². The van der Waals surface area contributed by atoms with Gasteiger partial charge in [0.2, 0.25) is 0 Å². The van der Waals surface area contributed by atoms with Crippen LogP contribution >= 0.6 is 27.3 Å². The second-order valence-electron chi connectivity index (χ2n) is 8.04. The predicted octanol–water partition coefficient (Wildman–Crippen LogP) is 6.60. The van der Waals surface area contributed by atoms with E-state index in [2.05, 4.69) is 21.2 Å². The van der Waals surface area contributed by atoms with Crippen LogP contribution in [0.2, 0.25) is 0 Å². The summed E-state index contributed by atoms with van der Waals surface area (Å²) in [5.41, 5.74) is 8.54. The molecule has 2 amide bonds. The van der Waals surface area contributed by atoms with Gasteiger partial charge in [-0.05, 0) is 67.4 Å². The Morgan fingerprint density at radius 3 is 2.47 bits per heavy atom. The summed E-state index contributed by atoms with van der Waals surface area (Å²) in [7, 11) is 0. The van der Waals surface area contributed by atoms with Crippen LogP contribution in [0.25, 0.3) is 22.2 Å². The quantitative estimate of drug-likeness (QED) is 0.277. The van der Waals surface area contributed by atoms with Gasteiger partial charge in [0, 0.05) is 20.3 Å². The average Bonchev–Trinajstić information content (AvgIpc) is 3.23. The Kier molecular flexibility index (Phi) is 7.00. The van der Waals surface area contributed by atoms with Crippen molar-refractivity contribution in [1.82, 2.24) is 4.98 Å². The molecule has 174 valence electrons. The molecule has 0 spiro atoms. The summed E-state index contributed by atoms with van der Waals surface area (Å²) < 4.78 is 6.37. The number of anilines is 1. The number of rotatable bonds is 7. The summed E-state index contributed by atoms with van der Waals surface area (Å²) in [5.74, 6) is 0.0671. The van der Waals surface area contributed by atoms with E-state index in [0.29, 0.717) is 39.3 Å². The molecule has 2 aromatic carbocycles. The van der Waals surface area contributed by atoms with Crippen LogP contribution in [0.1, 0.15) is 52.3 Å². The normalized spacial score (nSPS) is 11.1. The van der Waals surface area contributed by atoms with Crippen molar-refractivity contribution >= 4 is 55.0 Å². The zero-order chi connectivity index (χ0) is 24.4. The minimum atomic E-state index is -0.573. The van der Waals surface area contributed by atoms with E-state index in [1.165, 1.54) is 11.3 Å². The fourth-order valence-corrected chi connectivity index (χ4v) is 4.99. The largest absolute Gasteiger partial charge is 0.494 e. The number of halogens is 1. The summed E-state index contributed by atoms with van der Waals surface area (Å²) >= 11 is 4.85. The molecule has 4 rings (SSSR count). The van der Waals surface area contributed by atoms with Gasteiger partial charge in [-0.2, -0.15) is 0 Å². The van der Waals surface area contributed by atoms with Crippen molar-refractivity contribution in [1.29, 1.82) is 0 Å². The zero-order valence-corrected chi connectivity index (χ0v) is 21.4. The Morgan fingerprint density at radius 1 is 1.09 bits per heavy atom. The highest BCUT2D eigenvalue weighted by Gasteiger charge is 2.20. The van der Waals surface area contributed by atoms with Crippen molar-refractivity contribution in [2.24, 2.45) is 5.73 Å². The molecule has 2 aromatic heterocycles. The molecule has 6 nitrogen and oxygen atoms in total. The molecule has 0 aliphatic rings. The van der Waals surface area contributed by atoms with Crippen molar-refractivity contribution in [2.75, 3.05) is 11.9 Å². The number of fused-ring (bicyclic) bond motifs is 1.